The molecule has 2 amide bonds. The molecule has 1 fully saturated rings. The topological polar surface area (TPSA) is 43.9 Å². The van der Waals surface area contributed by atoms with E-state index in [2.05, 4.69) is 24.0 Å². The Labute approximate surface area is 138 Å². The highest BCUT2D eigenvalue weighted by Gasteiger charge is 2.27. The van der Waals surface area contributed by atoms with Crippen molar-refractivity contribution in [1.29, 1.82) is 0 Å². The van der Waals surface area contributed by atoms with Crippen LogP contribution in [-0.2, 0) is 16.1 Å². The molecule has 0 N–H and O–H groups in total. The van der Waals surface area contributed by atoms with Crippen molar-refractivity contribution in [3.8, 4) is 0 Å². The first-order valence-electron chi connectivity index (χ1n) is 8.42. The Morgan fingerprint density at radius 1 is 1.09 bits per heavy atom. The summed E-state index contributed by atoms with van der Waals surface area (Å²) >= 11 is 0. The maximum Gasteiger partial charge on any atom is 0.312 e. The quantitative estimate of drug-likeness (QED) is 0.775. The highest BCUT2D eigenvalue weighted by atomic mass is 16.2. The molecule has 23 heavy (non-hydrogen) atoms. The predicted octanol–water partition coefficient (Wildman–Crippen LogP) is 1.59. The molecule has 5 nitrogen and oxygen atoms in total. The molecule has 1 saturated heterocycles. The van der Waals surface area contributed by atoms with Crippen molar-refractivity contribution >= 4 is 11.8 Å². The van der Waals surface area contributed by atoms with Crippen LogP contribution in [0.25, 0.3) is 0 Å². The minimum atomic E-state index is -0.380. The van der Waals surface area contributed by atoms with Crippen molar-refractivity contribution in [2.24, 2.45) is 0 Å². The van der Waals surface area contributed by atoms with Crippen LogP contribution < -0.4 is 0 Å². The summed E-state index contributed by atoms with van der Waals surface area (Å²) < 4.78 is 0. The van der Waals surface area contributed by atoms with E-state index >= 15 is 0 Å². The summed E-state index contributed by atoms with van der Waals surface area (Å²) in [6, 6.07) is 10.3. The zero-order chi connectivity index (χ0) is 16.7. The lowest BCUT2D eigenvalue weighted by Crippen LogP contribution is -2.52. The molecule has 1 aliphatic heterocycles. The first-order chi connectivity index (χ1) is 11.1. The van der Waals surface area contributed by atoms with Gasteiger partial charge in [0, 0.05) is 46.3 Å². The third-order valence-corrected chi connectivity index (χ3v) is 4.29. The lowest BCUT2D eigenvalue weighted by atomic mass is 10.2. The van der Waals surface area contributed by atoms with Gasteiger partial charge in [0.2, 0.25) is 0 Å². The average molecular weight is 317 g/mol. The lowest BCUT2D eigenvalue weighted by Gasteiger charge is -2.35. The number of rotatable bonds is 5. The molecule has 1 heterocycles. The lowest BCUT2D eigenvalue weighted by molar-refractivity contribution is -0.152. The smallest absolute Gasteiger partial charge is 0.312 e. The molecule has 1 aliphatic rings. The molecule has 0 saturated carbocycles. The second kappa shape index (κ2) is 8.67. The number of unbranched alkanes of at least 4 members (excludes halogenated alkanes) is 1. The Morgan fingerprint density at radius 3 is 2.35 bits per heavy atom. The van der Waals surface area contributed by atoms with Gasteiger partial charge in [0.1, 0.15) is 0 Å². The van der Waals surface area contributed by atoms with Crippen LogP contribution in [0.2, 0.25) is 0 Å². The fourth-order valence-corrected chi connectivity index (χ4v) is 2.75. The second-order valence-corrected chi connectivity index (χ2v) is 6.13. The molecular formula is C18H27N3O2. The molecule has 0 atom stereocenters. The summed E-state index contributed by atoms with van der Waals surface area (Å²) in [5.74, 6) is -0.738. The van der Waals surface area contributed by atoms with Gasteiger partial charge in [-0.25, -0.2) is 0 Å². The fourth-order valence-electron chi connectivity index (χ4n) is 2.75. The van der Waals surface area contributed by atoms with Crippen LogP contribution in [-0.4, -0.2) is 66.3 Å². The van der Waals surface area contributed by atoms with Crippen molar-refractivity contribution < 1.29 is 9.59 Å². The third-order valence-electron chi connectivity index (χ3n) is 4.29. The van der Waals surface area contributed by atoms with Gasteiger partial charge in [-0.1, -0.05) is 43.7 Å². The van der Waals surface area contributed by atoms with Crippen molar-refractivity contribution in [3.63, 3.8) is 0 Å². The van der Waals surface area contributed by atoms with Gasteiger partial charge in [0.05, 0.1) is 0 Å². The summed E-state index contributed by atoms with van der Waals surface area (Å²) in [7, 11) is 1.71. The zero-order valence-corrected chi connectivity index (χ0v) is 14.2. The maximum absolute atomic E-state index is 12.3. The third kappa shape index (κ3) is 5.06. The molecule has 0 unspecified atom stereocenters. The van der Waals surface area contributed by atoms with E-state index < -0.39 is 0 Å². The normalized spacial score (nSPS) is 15.5. The molecule has 0 aromatic heterocycles. The van der Waals surface area contributed by atoms with Crippen LogP contribution in [0, 0.1) is 0 Å². The monoisotopic (exact) mass is 317 g/mol. The van der Waals surface area contributed by atoms with E-state index in [-0.39, 0.29) is 11.8 Å². The van der Waals surface area contributed by atoms with Crippen LogP contribution in [0.15, 0.2) is 30.3 Å². The average Bonchev–Trinajstić information content (AvgIpc) is 2.60. The largest absolute Gasteiger partial charge is 0.338 e. The molecule has 126 valence electrons. The Kier molecular flexibility index (Phi) is 6.59. The molecule has 0 radical (unpaired) electrons. The second-order valence-electron chi connectivity index (χ2n) is 6.13. The molecule has 5 heteroatoms. The van der Waals surface area contributed by atoms with Gasteiger partial charge >= 0.3 is 11.8 Å². The minimum Gasteiger partial charge on any atom is -0.338 e. The van der Waals surface area contributed by atoms with E-state index in [0.29, 0.717) is 19.6 Å². The van der Waals surface area contributed by atoms with Gasteiger partial charge in [0.15, 0.2) is 0 Å². The SMILES string of the molecule is CCCCN(C)C(=O)C(=O)N1CCN(Cc2ccccc2)CC1. The Morgan fingerprint density at radius 2 is 1.74 bits per heavy atom. The fraction of sp³-hybridized carbons (Fsp3) is 0.556. The number of piperazine rings is 1. The van der Waals surface area contributed by atoms with Gasteiger partial charge in [0.25, 0.3) is 0 Å². The molecule has 0 aliphatic carbocycles. The first-order valence-corrected chi connectivity index (χ1v) is 8.42. The number of likely N-dealkylation sites (N-methyl/N-ethyl adjacent to an activating group) is 1. The van der Waals surface area contributed by atoms with Crippen molar-refractivity contribution in [1.82, 2.24) is 14.7 Å². The summed E-state index contributed by atoms with van der Waals surface area (Å²) in [6.07, 6.45) is 1.95. The van der Waals surface area contributed by atoms with Gasteiger partial charge in [-0.3, -0.25) is 14.5 Å². The van der Waals surface area contributed by atoms with E-state index in [1.54, 1.807) is 16.8 Å². The summed E-state index contributed by atoms with van der Waals surface area (Å²) in [6.45, 7) is 6.49. The predicted molar refractivity (Wildman–Crippen MR) is 90.8 cm³/mol. The van der Waals surface area contributed by atoms with E-state index in [0.717, 1.165) is 32.5 Å². The van der Waals surface area contributed by atoms with Gasteiger partial charge in [-0.2, -0.15) is 0 Å². The van der Waals surface area contributed by atoms with Crippen LogP contribution in [0.5, 0.6) is 0 Å². The summed E-state index contributed by atoms with van der Waals surface area (Å²) in [5, 5.41) is 0. The summed E-state index contributed by atoms with van der Waals surface area (Å²) in [4.78, 5) is 30.0. The molecular weight excluding hydrogens is 290 g/mol. The van der Waals surface area contributed by atoms with Gasteiger partial charge in [-0.15, -0.1) is 0 Å². The number of amides is 2. The standard InChI is InChI=1S/C18H27N3O2/c1-3-4-10-19(2)17(22)18(23)21-13-11-20(12-14-21)15-16-8-6-5-7-9-16/h5-9H,3-4,10-15H2,1-2H3. The Hall–Kier alpha value is -1.88. The van der Waals surface area contributed by atoms with Crippen LogP contribution in [0.4, 0.5) is 0 Å². The number of benzene rings is 1. The van der Waals surface area contributed by atoms with Crippen LogP contribution in [0.1, 0.15) is 25.3 Å². The maximum atomic E-state index is 12.3. The molecule has 2 rings (SSSR count). The van der Waals surface area contributed by atoms with E-state index in [9.17, 15) is 9.59 Å². The van der Waals surface area contributed by atoms with E-state index in [1.807, 2.05) is 18.2 Å². The first kappa shape index (κ1) is 17.5. The van der Waals surface area contributed by atoms with Gasteiger partial charge < -0.3 is 9.80 Å². The molecule has 1 aromatic carbocycles. The zero-order valence-electron chi connectivity index (χ0n) is 14.2. The van der Waals surface area contributed by atoms with Crippen molar-refractivity contribution in [2.45, 2.75) is 26.3 Å². The van der Waals surface area contributed by atoms with E-state index in [4.69, 9.17) is 0 Å². The number of hydrogen-bond acceptors (Lipinski definition) is 3. The Bertz CT molecular complexity index is 510. The minimum absolute atomic E-state index is 0.358. The number of carbonyl (C=O) groups is 2. The van der Waals surface area contributed by atoms with Crippen LogP contribution in [0.3, 0.4) is 0 Å². The van der Waals surface area contributed by atoms with Crippen molar-refractivity contribution in [2.75, 3.05) is 39.8 Å². The van der Waals surface area contributed by atoms with Crippen molar-refractivity contribution in [3.05, 3.63) is 35.9 Å². The molecule has 0 bridgehead atoms. The molecule has 0 spiro atoms. The molecule has 1 aromatic rings. The number of hydrogen-bond donors (Lipinski definition) is 0. The van der Waals surface area contributed by atoms with E-state index in [1.165, 1.54) is 5.56 Å². The number of nitrogens with zero attached hydrogens (tertiary/aromatic N) is 3. The number of carbonyl (C=O) groups excluding carboxylic acids is 2. The van der Waals surface area contributed by atoms with Gasteiger partial charge in [-0.05, 0) is 12.0 Å². The van der Waals surface area contributed by atoms with Crippen LogP contribution >= 0.6 is 0 Å². The highest BCUT2D eigenvalue weighted by Crippen LogP contribution is 2.09. The highest BCUT2D eigenvalue weighted by molar-refractivity contribution is 6.34. The summed E-state index contributed by atoms with van der Waals surface area (Å²) in [5.41, 5.74) is 1.28. The Balaban J connectivity index is 1.79.